The first-order valence-corrected chi connectivity index (χ1v) is 6.34. The first-order valence-electron chi connectivity index (χ1n) is 6.34. The van der Waals surface area contributed by atoms with Crippen molar-refractivity contribution in [1.29, 1.82) is 0 Å². The highest BCUT2D eigenvalue weighted by atomic mass is 16.5. The predicted octanol–water partition coefficient (Wildman–Crippen LogP) is -0.229. The minimum Gasteiger partial charge on any atom is -0.468 e. The summed E-state index contributed by atoms with van der Waals surface area (Å²) in [6.45, 7) is 2.80. The Hall–Kier alpha value is -1.14. The van der Waals surface area contributed by atoms with E-state index in [0.717, 1.165) is 19.4 Å². The third-order valence-corrected chi connectivity index (χ3v) is 2.80. The van der Waals surface area contributed by atoms with Gasteiger partial charge in [-0.2, -0.15) is 0 Å². The van der Waals surface area contributed by atoms with E-state index < -0.39 is 0 Å². The van der Waals surface area contributed by atoms with E-state index in [-0.39, 0.29) is 24.0 Å². The molecule has 0 aromatic carbocycles. The summed E-state index contributed by atoms with van der Waals surface area (Å²) in [5.74, 6) is -0.628. The highest BCUT2D eigenvalue weighted by molar-refractivity contribution is 5.79. The minimum absolute atomic E-state index is 0.261. The van der Waals surface area contributed by atoms with Crippen LogP contribution in [0, 0.1) is 0 Å². The van der Waals surface area contributed by atoms with Crippen LogP contribution in [0.5, 0.6) is 0 Å². The molecule has 4 N–H and O–H groups in total. The smallest absolute Gasteiger partial charge is 0.322 e. The Morgan fingerprint density at radius 2 is 1.89 bits per heavy atom. The number of carbonyl (C=O) groups is 2. The largest absolute Gasteiger partial charge is 0.468 e. The maximum Gasteiger partial charge on any atom is 0.322 e. The van der Waals surface area contributed by atoms with Gasteiger partial charge in [0, 0.05) is 0 Å². The van der Waals surface area contributed by atoms with Gasteiger partial charge in [0.2, 0.25) is 5.91 Å². The van der Waals surface area contributed by atoms with Gasteiger partial charge in [-0.15, -0.1) is 0 Å². The highest BCUT2D eigenvalue weighted by Gasteiger charge is 2.19. The van der Waals surface area contributed by atoms with Crippen molar-refractivity contribution in [3.8, 4) is 0 Å². The number of likely N-dealkylation sites (N-methyl/N-ethyl adjacent to an activating group) is 1. The van der Waals surface area contributed by atoms with Crippen LogP contribution in [0.4, 0.5) is 0 Å². The predicted molar refractivity (Wildman–Crippen MR) is 70.0 cm³/mol. The number of nitrogens with two attached hydrogens (primary N) is 1. The summed E-state index contributed by atoms with van der Waals surface area (Å²) in [6, 6.07) is -0.644. The van der Waals surface area contributed by atoms with E-state index in [1.54, 1.807) is 7.05 Å². The zero-order chi connectivity index (χ0) is 14.0. The fraction of sp³-hybridized carbons (Fsp3) is 0.833. The molecule has 0 aliphatic heterocycles. The van der Waals surface area contributed by atoms with E-state index in [4.69, 9.17) is 10.5 Å². The molecule has 0 spiro atoms. The van der Waals surface area contributed by atoms with Crippen LogP contribution in [-0.2, 0) is 14.3 Å². The second-order valence-electron chi connectivity index (χ2n) is 4.20. The Morgan fingerprint density at radius 1 is 1.28 bits per heavy atom. The van der Waals surface area contributed by atoms with Crippen molar-refractivity contribution in [3.05, 3.63) is 0 Å². The minimum atomic E-state index is -0.367. The van der Waals surface area contributed by atoms with Gasteiger partial charge in [-0.3, -0.25) is 9.59 Å². The van der Waals surface area contributed by atoms with E-state index in [1.807, 2.05) is 6.92 Å². The van der Waals surface area contributed by atoms with Gasteiger partial charge in [-0.05, 0) is 39.3 Å². The van der Waals surface area contributed by atoms with Crippen molar-refractivity contribution >= 4 is 11.9 Å². The van der Waals surface area contributed by atoms with Gasteiger partial charge < -0.3 is 21.1 Å². The number of esters is 1. The van der Waals surface area contributed by atoms with Crippen LogP contribution in [-0.4, -0.2) is 44.7 Å². The summed E-state index contributed by atoms with van der Waals surface area (Å²) in [5, 5.41) is 5.98. The summed E-state index contributed by atoms with van der Waals surface area (Å²) in [7, 11) is 3.07. The van der Waals surface area contributed by atoms with Gasteiger partial charge in [0.1, 0.15) is 6.04 Å². The van der Waals surface area contributed by atoms with Gasteiger partial charge in [-0.1, -0.05) is 6.92 Å². The third-order valence-electron chi connectivity index (χ3n) is 2.80. The zero-order valence-electron chi connectivity index (χ0n) is 11.5. The summed E-state index contributed by atoms with van der Waals surface area (Å²) in [6.07, 6.45) is 2.93. The van der Waals surface area contributed by atoms with E-state index in [1.165, 1.54) is 7.11 Å². The van der Waals surface area contributed by atoms with E-state index in [9.17, 15) is 9.59 Å². The molecule has 6 heteroatoms. The second kappa shape index (κ2) is 9.85. The van der Waals surface area contributed by atoms with E-state index in [2.05, 4.69) is 10.6 Å². The molecule has 0 fully saturated rings. The molecule has 0 heterocycles. The van der Waals surface area contributed by atoms with Gasteiger partial charge >= 0.3 is 5.97 Å². The van der Waals surface area contributed by atoms with Crippen LogP contribution in [0.1, 0.15) is 32.6 Å². The Balaban J connectivity index is 4.09. The number of nitrogens with one attached hydrogen (secondary N) is 2. The van der Waals surface area contributed by atoms with E-state index >= 15 is 0 Å². The molecule has 1 amide bonds. The first kappa shape index (κ1) is 16.9. The molecule has 0 radical (unpaired) electrons. The molecule has 0 saturated heterocycles. The quantitative estimate of drug-likeness (QED) is 0.471. The highest BCUT2D eigenvalue weighted by Crippen LogP contribution is 2.06. The summed E-state index contributed by atoms with van der Waals surface area (Å²) >= 11 is 0. The van der Waals surface area contributed by atoms with Crippen LogP contribution >= 0.6 is 0 Å². The van der Waals surface area contributed by atoms with Crippen molar-refractivity contribution in [1.82, 2.24) is 10.6 Å². The maximum atomic E-state index is 11.5. The number of hydrogen-bond donors (Lipinski definition) is 3. The van der Waals surface area contributed by atoms with Gasteiger partial charge in [0.25, 0.3) is 0 Å². The normalized spacial score (nSPS) is 13.9. The maximum absolute atomic E-state index is 11.5. The fourth-order valence-corrected chi connectivity index (χ4v) is 1.72. The molecule has 0 saturated carbocycles. The third kappa shape index (κ3) is 6.56. The number of ether oxygens (including phenoxy) is 1. The van der Waals surface area contributed by atoms with E-state index in [0.29, 0.717) is 12.8 Å². The Labute approximate surface area is 109 Å². The summed E-state index contributed by atoms with van der Waals surface area (Å²) < 4.78 is 4.73. The molecular weight excluding hydrogens is 234 g/mol. The Morgan fingerprint density at radius 3 is 2.33 bits per heavy atom. The number of methoxy groups -OCH3 is 1. The molecule has 0 aliphatic rings. The Bertz CT molecular complexity index is 259. The molecule has 106 valence electrons. The number of amides is 1. The first-order chi connectivity index (χ1) is 8.56. The fourth-order valence-electron chi connectivity index (χ4n) is 1.72. The van der Waals surface area contributed by atoms with Crippen molar-refractivity contribution in [2.45, 2.75) is 44.7 Å². The second-order valence-corrected chi connectivity index (χ2v) is 4.20. The molecule has 2 unspecified atom stereocenters. The zero-order valence-corrected chi connectivity index (χ0v) is 11.5. The molecule has 0 aliphatic carbocycles. The molecule has 0 aromatic rings. The molecule has 6 nitrogen and oxygen atoms in total. The lowest BCUT2D eigenvalue weighted by atomic mass is 10.0. The van der Waals surface area contributed by atoms with Gasteiger partial charge in [0.05, 0.1) is 13.2 Å². The van der Waals surface area contributed by atoms with Gasteiger partial charge in [0.15, 0.2) is 0 Å². The van der Waals surface area contributed by atoms with Crippen LogP contribution in [0.3, 0.4) is 0 Å². The topological polar surface area (TPSA) is 93.5 Å². The van der Waals surface area contributed by atoms with Gasteiger partial charge in [-0.25, -0.2) is 0 Å². The number of hydrogen-bond acceptors (Lipinski definition) is 5. The van der Waals surface area contributed by atoms with Crippen LogP contribution in [0.15, 0.2) is 0 Å². The van der Waals surface area contributed by atoms with Crippen molar-refractivity contribution in [3.63, 3.8) is 0 Å². The monoisotopic (exact) mass is 259 g/mol. The summed E-state index contributed by atoms with van der Waals surface area (Å²) in [5.41, 5.74) is 5.22. The molecule has 0 aromatic heterocycles. The molecule has 0 bridgehead atoms. The standard InChI is InChI=1S/C12H25N3O3/c1-4-8-15-10(12(17)18-3)7-5-6-9(14-2)11(13)16/h9-10,14-15H,4-8H2,1-3H3,(H2,13,16). The summed E-state index contributed by atoms with van der Waals surface area (Å²) in [4.78, 5) is 22.5. The Kier molecular flexibility index (Phi) is 9.22. The molecular formula is C12H25N3O3. The van der Waals surface area contributed by atoms with Crippen molar-refractivity contribution in [2.75, 3.05) is 20.7 Å². The van der Waals surface area contributed by atoms with Crippen molar-refractivity contribution < 1.29 is 14.3 Å². The van der Waals surface area contributed by atoms with Crippen molar-refractivity contribution in [2.24, 2.45) is 5.73 Å². The SMILES string of the molecule is CCCNC(CCCC(NC)C(N)=O)C(=O)OC. The molecule has 18 heavy (non-hydrogen) atoms. The van der Waals surface area contributed by atoms with Crippen LogP contribution in [0.2, 0.25) is 0 Å². The lowest BCUT2D eigenvalue weighted by Gasteiger charge is -2.17. The average molecular weight is 259 g/mol. The lowest BCUT2D eigenvalue weighted by molar-refractivity contribution is -0.143. The van der Waals surface area contributed by atoms with Crippen LogP contribution < -0.4 is 16.4 Å². The number of carbonyl (C=O) groups excluding carboxylic acids is 2. The number of primary amides is 1. The molecule has 2 atom stereocenters. The molecule has 0 rings (SSSR count). The average Bonchev–Trinajstić information content (AvgIpc) is 2.36. The lowest BCUT2D eigenvalue weighted by Crippen LogP contribution is -2.41. The number of rotatable bonds is 10. The van der Waals surface area contributed by atoms with Crippen LogP contribution in [0.25, 0.3) is 0 Å².